The van der Waals surface area contributed by atoms with E-state index in [4.69, 9.17) is 12.2 Å². The summed E-state index contributed by atoms with van der Waals surface area (Å²) in [5, 5.41) is 13.7. The molecule has 0 amide bonds. The van der Waals surface area contributed by atoms with E-state index in [1.165, 1.54) is 24.3 Å². The standard InChI is InChI=1S/C14H11FN2O2S/c15-12-6-4-10(5-7-12)9-16-14(20)11-2-1-3-13(8-11)17(18)19/h1-8H,9H2,(H,16,20). The number of nitro benzene ring substituents is 1. The lowest BCUT2D eigenvalue weighted by molar-refractivity contribution is -0.384. The van der Waals surface area contributed by atoms with Gasteiger partial charge < -0.3 is 5.32 Å². The Balaban J connectivity index is 2.03. The first-order valence-electron chi connectivity index (χ1n) is 5.83. The van der Waals surface area contributed by atoms with E-state index in [-0.39, 0.29) is 11.5 Å². The quantitative estimate of drug-likeness (QED) is 0.534. The number of benzene rings is 2. The Morgan fingerprint density at radius 1 is 1.25 bits per heavy atom. The van der Waals surface area contributed by atoms with Gasteiger partial charge in [-0.25, -0.2) is 4.39 Å². The summed E-state index contributed by atoms with van der Waals surface area (Å²) in [5.41, 5.74) is 1.45. The van der Waals surface area contributed by atoms with E-state index in [0.717, 1.165) is 5.56 Å². The molecular formula is C14H11FN2O2S. The first-order valence-corrected chi connectivity index (χ1v) is 6.24. The van der Waals surface area contributed by atoms with Gasteiger partial charge in [-0.05, 0) is 17.7 Å². The van der Waals surface area contributed by atoms with Crippen LogP contribution in [0, 0.1) is 15.9 Å². The maximum absolute atomic E-state index is 12.8. The molecular weight excluding hydrogens is 279 g/mol. The number of nitrogens with one attached hydrogen (secondary N) is 1. The monoisotopic (exact) mass is 290 g/mol. The number of hydrogen-bond acceptors (Lipinski definition) is 3. The van der Waals surface area contributed by atoms with Crippen molar-refractivity contribution >= 4 is 22.9 Å². The molecule has 0 fully saturated rings. The third-order valence-electron chi connectivity index (χ3n) is 2.69. The molecule has 0 saturated carbocycles. The smallest absolute Gasteiger partial charge is 0.270 e. The second kappa shape index (κ2) is 6.21. The second-order valence-corrected chi connectivity index (χ2v) is 4.52. The Bertz CT molecular complexity index is 644. The molecule has 6 heteroatoms. The molecule has 0 aliphatic rings. The van der Waals surface area contributed by atoms with Crippen LogP contribution < -0.4 is 5.32 Å². The van der Waals surface area contributed by atoms with E-state index < -0.39 is 4.92 Å². The van der Waals surface area contributed by atoms with Gasteiger partial charge >= 0.3 is 0 Å². The van der Waals surface area contributed by atoms with Crippen LogP contribution in [0.2, 0.25) is 0 Å². The number of non-ortho nitro benzene ring substituents is 1. The van der Waals surface area contributed by atoms with Crippen LogP contribution in [0.1, 0.15) is 11.1 Å². The summed E-state index contributed by atoms with van der Waals surface area (Å²) in [6.07, 6.45) is 0. The van der Waals surface area contributed by atoms with Crippen LogP contribution in [0.3, 0.4) is 0 Å². The van der Waals surface area contributed by atoms with Crippen molar-refractivity contribution in [1.29, 1.82) is 0 Å². The zero-order valence-corrected chi connectivity index (χ0v) is 11.2. The summed E-state index contributed by atoms with van der Waals surface area (Å²) in [6.45, 7) is 0.432. The molecule has 0 unspecified atom stereocenters. The lowest BCUT2D eigenvalue weighted by Crippen LogP contribution is -2.21. The molecule has 20 heavy (non-hydrogen) atoms. The van der Waals surface area contributed by atoms with Gasteiger partial charge in [-0.2, -0.15) is 0 Å². The van der Waals surface area contributed by atoms with Crippen molar-refractivity contribution in [3.63, 3.8) is 0 Å². The predicted molar refractivity (Wildman–Crippen MR) is 78.0 cm³/mol. The first kappa shape index (κ1) is 14.1. The molecule has 0 saturated heterocycles. The minimum atomic E-state index is -0.466. The van der Waals surface area contributed by atoms with E-state index >= 15 is 0 Å². The van der Waals surface area contributed by atoms with Crippen LogP contribution >= 0.6 is 12.2 Å². The third-order valence-corrected chi connectivity index (χ3v) is 3.07. The number of rotatable bonds is 4. The normalized spacial score (nSPS) is 10.1. The first-order chi connectivity index (χ1) is 9.56. The van der Waals surface area contributed by atoms with Gasteiger partial charge in [0.1, 0.15) is 10.8 Å². The summed E-state index contributed by atoms with van der Waals surface area (Å²) in [5.74, 6) is -0.296. The summed E-state index contributed by atoms with van der Waals surface area (Å²) >= 11 is 5.18. The Labute approximate surface area is 120 Å². The fourth-order valence-corrected chi connectivity index (χ4v) is 1.85. The Hall–Kier alpha value is -2.34. The molecule has 0 aliphatic heterocycles. The molecule has 2 aromatic carbocycles. The maximum atomic E-state index is 12.8. The van der Waals surface area contributed by atoms with Gasteiger partial charge in [-0.15, -0.1) is 0 Å². The molecule has 0 heterocycles. The molecule has 0 spiro atoms. The van der Waals surface area contributed by atoms with Crippen LogP contribution in [0.5, 0.6) is 0 Å². The summed E-state index contributed by atoms with van der Waals surface area (Å²) < 4.78 is 12.8. The highest BCUT2D eigenvalue weighted by Crippen LogP contribution is 2.13. The van der Waals surface area contributed by atoms with Crippen molar-refractivity contribution in [1.82, 2.24) is 5.32 Å². The lowest BCUT2D eigenvalue weighted by Gasteiger charge is -2.08. The number of nitrogens with zero attached hydrogens (tertiary/aromatic N) is 1. The average Bonchev–Trinajstić information content (AvgIpc) is 2.46. The van der Waals surface area contributed by atoms with Gasteiger partial charge in [0.05, 0.1) is 4.92 Å². The zero-order chi connectivity index (χ0) is 14.5. The number of hydrogen-bond donors (Lipinski definition) is 1. The van der Waals surface area contributed by atoms with Crippen molar-refractivity contribution in [2.45, 2.75) is 6.54 Å². The highest BCUT2D eigenvalue weighted by molar-refractivity contribution is 7.80. The minimum Gasteiger partial charge on any atom is -0.372 e. The van der Waals surface area contributed by atoms with Gasteiger partial charge in [0.15, 0.2) is 0 Å². The topological polar surface area (TPSA) is 55.2 Å². The highest BCUT2D eigenvalue weighted by atomic mass is 32.1. The highest BCUT2D eigenvalue weighted by Gasteiger charge is 2.08. The van der Waals surface area contributed by atoms with E-state index in [1.54, 1.807) is 24.3 Å². The van der Waals surface area contributed by atoms with E-state index in [2.05, 4.69) is 5.32 Å². The van der Waals surface area contributed by atoms with Crippen LogP contribution in [0.15, 0.2) is 48.5 Å². The van der Waals surface area contributed by atoms with Gasteiger partial charge in [0.2, 0.25) is 0 Å². The lowest BCUT2D eigenvalue weighted by atomic mass is 10.2. The van der Waals surface area contributed by atoms with E-state index in [9.17, 15) is 14.5 Å². The largest absolute Gasteiger partial charge is 0.372 e. The van der Waals surface area contributed by atoms with Crippen LogP contribution in [-0.4, -0.2) is 9.91 Å². The molecule has 0 atom stereocenters. The maximum Gasteiger partial charge on any atom is 0.270 e. The van der Waals surface area contributed by atoms with Crippen molar-refractivity contribution in [3.8, 4) is 0 Å². The number of thiocarbonyl (C=S) groups is 1. The van der Waals surface area contributed by atoms with E-state index in [1.807, 2.05) is 0 Å². The minimum absolute atomic E-state index is 0.00608. The molecule has 4 nitrogen and oxygen atoms in total. The average molecular weight is 290 g/mol. The summed E-state index contributed by atoms with van der Waals surface area (Å²) in [7, 11) is 0. The van der Waals surface area contributed by atoms with E-state index in [0.29, 0.717) is 17.1 Å². The van der Waals surface area contributed by atoms with Crippen LogP contribution in [0.25, 0.3) is 0 Å². The second-order valence-electron chi connectivity index (χ2n) is 4.12. The Kier molecular flexibility index (Phi) is 4.37. The van der Waals surface area contributed by atoms with Crippen LogP contribution in [0.4, 0.5) is 10.1 Å². The van der Waals surface area contributed by atoms with Gasteiger partial charge in [0, 0.05) is 24.2 Å². The third kappa shape index (κ3) is 3.58. The van der Waals surface area contributed by atoms with Crippen molar-refractivity contribution < 1.29 is 9.31 Å². The molecule has 0 aliphatic carbocycles. The Morgan fingerprint density at radius 2 is 1.95 bits per heavy atom. The zero-order valence-electron chi connectivity index (χ0n) is 10.4. The predicted octanol–water partition coefficient (Wildman–Crippen LogP) is 3.20. The van der Waals surface area contributed by atoms with Crippen LogP contribution in [-0.2, 0) is 6.54 Å². The number of nitro groups is 1. The van der Waals surface area contributed by atoms with Crippen molar-refractivity contribution in [2.24, 2.45) is 0 Å². The van der Waals surface area contributed by atoms with Crippen molar-refractivity contribution in [2.75, 3.05) is 0 Å². The van der Waals surface area contributed by atoms with Crippen molar-refractivity contribution in [3.05, 3.63) is 75.6 Å². The fourth-order valence-electron chi connectivity index (χ4n) is 1.65. The Morgan fingerprint density at radius 3 is 2.60 bits per heavy atom. The van der Waals surface area contributed by atoms with Gasteiger partial charge in [0.25, 0.3) is 5.69 Å². The SMILES string of the molecule is O=[N+]([O-])c1cccc(C(=S)NCc2ccc(F)cc2)c1. The molecule has 0 aromatic heterocycles. The van der Waals surface area contributed by atoms with Gasteiger partial charge in [-0.1, -0.05) is 36.5 Å². The molecule has 0 radical (unpaired) electrons. The number of halogens is 1. The molecule has 102 valence electrons. The summed E-state index contributed by atoms with van der Waals surface area (Å²) in [4.78, 5) is 10.6. The molecule has 0 bridgehead atoms. The van der Waals surface area contributed by atoms with Gasteiger partial charge in [-0.3, -0.25) is 10.1 Å². The molecule has 2 rings (SSSR count). The molecule has 2 aromatic rings. The molecule has 1 N–H and O–H groups in total. The fraction of sp³-hybridized carbons (Fsp3) is 0.0714. The summed E-state index contributed by atoms with van der Waals surface area (Å²) in [6, 6.07) is 12.1.